The van der Waals surface area contributed by atoms with E-state index in [0.717, 1.165) is 12.0 Å². The number of ether oxygens (including phenoxy) is 1. The van der Waals surface area contributed by atoms with Crippen molar-refractivity contribution in [1.29, 1.82) is 0 Å². The van der Waals surface area contributed by atoms with Crippen LogP contribution in [-0.4, -0.2) is 32.4 Å². The van der Waals surface area contributed by atoms with E-state index in [1.165, 1.54) is 17.5 Å². The number of anilines is 1. The van der Waals surface area contributed by atoms with E-state index < -0.39 is 10.0 Å². The average Bonchev–Trinajstić information content (AvgIpc) is 2.37. The maximum absolute atomic E-state index is 12.8. The van der Waals surface area contributed by atoms with Crippen LogP contribution in [0.3, 0.4) is 0 Å². The number of nitrogens with zero attached hydrogens (tertiary/aromatic N) is 1. The van der Waals surface area contributed by atoms with Crippen LogP contribution < -0.4 is 10.5 Å². The summed E-state index contributed by atoms with van der Waals surface area (Å²) >= 11 is 0. The van der Waals surface area contributed by atoms with Crippen molar-refractivity contribution in [2.75, 3.05) is 19.4 Å². The van der Waals surface area contributed by atoms with Gasteiger partial charge in [0, 0.05) is 18.3 Å². The highest BCUT2D eigenvalue weighted by Crippen LogP contribution is 2.31. The van der Waals surface area contributed by atoms with E-state index in [1.807, 2.05) is 27.7 Å². The fraction of sp³-hybridized carbons (Fsp3) is 0.571. The molecule has 0 aliphatic heterocycles. The van der Waals surface area contributed by atoms with Crippen LogP contribution in [0.2, 0.25) is 0 Å². The third kappa shape index (κ3) is 3.24. The lowest BCUT2D eigenvalue weighted by Gasteiger charge is -2.26. The van der Waals surface area contributed by atoms with Crippen molar-refractivity contribution in [2.24, 2.45) is 0 Å². The van der Waals surface area contributed by atoms with Gasteiger partial charge in [0.05, 0.1) is 7.11 Å². The summed E-state index contributed by atoms with van der Waals surface area (Å²) in [5, 5.41) is 0. The molecular weight excluding hydrogens is 276 g/mol. The monoisotopic (exact) mass is 300 g/mol. The first-order valence-corrected chi connectivity index (χ1v) is 8.15. The lowest BCUT2D eigenvalue weighted by Crippen LogP contribution is -2.37. The Balaban J connectivity index is 3.44. The Morgan fingerprint density at radius 1 is 1.35 bits per heavy atom. The zero-order valence-corrected chi connectivity index (χ0v) is 13.6. The van der Waals surface area contributed by atoms with E-state index in [1.54, 1.807) is 6.07 Å². The van der Waals surface area contributed by atoms with Crippen molar-refractivity contribution in [1.82, 2.24) is 4.31 Å². The zero-order chi connectivity index (χ0) is 15.5. The van der Waals surface area contributed by atoms with Crippen LogP contribution in [0.4, 0.5) is 5.69 Å². The number of aryl methyl sites for hydroxylation is 1. The average molecular weight is 300 g/mol. The Bertz CT molecular complexity index is 568. The maximum atomic E-state index is 12.8. The number of hydrogen-bond acceptors (Lipinski definition) is 4. The SMILES string of the molecule is CCCN(C(C)C)S(=O)(=O)c1cc(N)c(C)cc1OC. The molecule has 0 radical (unpaired) electrons. The van der Waals surface area contributed by atoms with Crippen molar-refractivity contribution in [2.45, 2.75) is 45.1 Å². The summed E-state index contributed by atoms with van der Waals surface area (Å²) in [7, 11) is -2.15. The molecule has 20 heavy (non-hydrogen) atoms. The molecule has 0 saturated heterocycles. The summed E-state index contributed by atoms with van der Waals surface area (Å²) in [6.07, 6.45) is 0.751. The second-order valence-corrected chi connectivity index (χ2v) is 6.93. The van der Waals surface area contributed by atoms with Gasteiger partial charge in [0.1, 0.15) is 10.6 Å². The largest absolute Gasteiger partial charge is 0.495 e. The van der Waals surface area contributed by atoms with Crippen molar-refractivity contribution < 1.29 is 13.2 Å². The highest BCUT2D eigenvalue weighted by molar-refractivity contribution is 7.89. The first kappa shape index (κ1) is 16.8. The molecule has 5 nitrogen and oxygen atoms in total. The molecule has 1 aromatic carbocycles. The Morgan fingerprint density at radius 3 is 2.40 bits per heavy atom. The van der Waals surface area contributed by atoms with Gasteiger partial charge in [0.2, 0.25) is 10.0 Å². The normalized spacial score (nSPS) is 12.2. The number of hydrogen-bond donors (Lipinski definition) is 1. The van der Waals surface area contributed by atoms with Crippen molar-refractivity contribution in [3.05, 3.63) is 17.7 Å². The predicted molar refractivity (Wildman–Crippen MR) is 81.5 cm³/mol. The van der Waals surface area contributed by atoms with Gasteiger partial charge < -0.3 is 10.5 Å². The van der Waals surface area contributed by atoms with E-state index in [4.69, 9.17) is 10.5 Å². The van der Waals surface area contributed by atoms with Gasteiger partial charge in [0.15, 0.2) is 0 Å². The topological polar surface area (TPSA) is 72.6 Å². The van der Waals surface area contributed by atoms with E-state index in [9.17, 15) is 8.42 Å². The highest BCUT2D eigenvalue weighted by Gasteiger charge is 2.29. The molecule has 2 N–H and O–H groups in total. The van der Waals surface area contributed by atoms with Gasteiger partial charge in [-0.3, -0.25) is 0 Å². The van der Waals surface area contributed by atoms with Crippen molar-refractivity contribution >= 4 is 15.7 Å². The highest BCUT2D eigenvalue weighted by atomic mass is 32.2. The zero-order valence-electron chi connectivity index (χ0n) is 12.8. The molecule has 114 valence electrons. The number of rotatable bonds is 6. The minimum Gasteiger partial charge on any atom is -0.495 e. The summed E-state index contributed by atoms with van der Waals surface area (Å²) in [5.41, 5.74) is 7.10. The molecule has 0 saturated carbocycles. The Morgan fingerprint density at radius 2 is 1.95 bits per heavy atom. The summed E-state index contributed by atoms with van der Waals surface area (Å²) in [4.78, 5) is 0.130. The third-order valence-electron chi connectivity index (χ3n) is 3.16. The molecule has 0 heterocycles. The molecule has 1 rings (SSSR count). The molecule has 0 unspecified atom stereocenters. The van der Waals surface area contributed by atoms with Gasteiger partial charge in [-0.1, -0.05) is 6.92 Å². The first-order chi connectivity index (χ1) is 9.25. The van der Waals surface area contributed by atoms with E-state index in [0.29, 0.717) is 18.0 Å². The molecule has 0 spiro atoms. The van der Waals surface area contributed by atoms with Gasteiger partial charge in [-0.2, -0.15) is 4.31 Å². The fourth-order valence-corrected chi connectivity index (χ4v) is 3.94. The fourth-order valence-electron chi connectivity index (χ4n) is 2.04. The number of nitrogens with two attached hydrogens (primary N) is 1. The molecule has 1 aromatic rings. The van der Waals surface area contributed by atoms with E-state index in [-0.39, 0.29) is 10.9 Å². The Labute approximate surface area is 121 Å². The maximum Gasteiger partial charge on any atom is 0.247 e. The van der Waals surface area contributed by atoms with Crippen LogP contribution >= 0.6 is 0 Å². The van der Waals surface area contributed by atoms with E-state index >= 15 is 0 Å². The Hall–Kier alpha value is -1.27. The van der Waals surface area contributed by atoms with Gasteiger partial charge in [-0.05, 0) is 44.9 Å². The van der Waals surface area contributed by atoms with Crippen LogP contribution in [0, 0.1) is 6.92 Å². The van der Waals surface area contributed by atoms with Crippen LogP contribution in [0.15, 0.2) is 17.0 Å². The number of benzene rings is 1. The Kier molecular flexibility index (Phi) is 5.42. The van der Waals surface area contributed by atoms with Crippen LogP contribution in [-0.2, 0) is 10.0 Å². The van der Waals surface area contributed by atoms with Crippen molar-refractivity contribution in [3.8, 4) is 5.75 Å². The second-order valence-electron chi connectivity index (χ2n) is 5.07. The lowest BCUT2D eigenvalue weighted by atomic mass is 10.2. The molecule has 6 heteroatoms. The van der Waals surface area contributed by atoms with E-state index in [2.05, 4.69) is 0 Å². The molecule has 0 bridgehead atoms. The molecule has 0 aromatic heterocycles. The van der Waals surface area contributed by atoms with Crippen LogP contribution in [0.1, 0.15) is 32.8 Å². The van der Waals surface area contributed by atoms with Crippen molar-refractivity contribution in [3.63, 3.8) is 0 Å². The van der Waals surface area contributed by atoms with Crippen LogP contribution in [0.5, 0.6) is 5.75 Å². The quantitative estimate of drug-likeness (QED) is 0.819. The second kappa shape index (κ2) is 6.45. The summed E-state index contributed by atoms with van der Waals surface area (Å²) in [6, 6.07) is 3.02. The molecule has 0 aliphatic carbocycles. The first-order valence-electron chi connectivity index (χ1n) is 6.71. The number of methoxy groups -OCH3 is 1. The summed E-state index contributed by atoms with van der Waals surface area (Å²) in [5.74, 6) is 0.332. The van der Waals surface area contributed by atoms with Crippen LogP contribution in [0.25, 0.3) is 0 Å². The number of sulfonamides is 1. The minimum atomic E-state index is -3.62. The van der Waals surface area contributed by atoms with Gasteiger partial charge >= 0.3 is 0 Å². The van der Waals surface area contributed by atoms with Gasteiger partial charge in [-0.25, -0.2) is 8.42 Å². The third-order valence-corrected chi connectivity index (χ3v) is 5.26. The summed E-state index contributed by atoms with van der Waals surface area (Å²) < 4.78 is 32.3. The predicted octanol–water partition coefficient (Wildman–Crippen LogP) is 2.39. The number of nitrogen functional groups attached to an aromatic ring is 1. The molecule has 0 fully saturated rings. The minimum absolute atomic E-state index is 0.118. The molecule has 0 amide bonds. The van der Waals surface area contributed by atoms with Gasteiger partial charge in [0.25, 0.3) is 0 Å². The smallest absolute Gasteiger partial charge is 0.247 e. The summed E-state index contributed by atoms with van der Waals surface area (Å²) in [6.45, 7) is 7.96. The molecular formula is C14H24N2O3S. The standard InChI is InChI=1S/C14H24N2O3S/c1-6-7-16(10(2)3)20(17,18)14-9-12(15)11(4)8-13(14)19-5/h8-10H,6-7,15H2,1-5H3. The molecule has 0 atom stereocenters. The lowest BCUT2D eigenvalue weighted by molar-refractivity contribution is 0.349. The molecule has 0 aliphatic rings. The van der Waals surface area contributed by atoms with Gasteiger partial charge in [-0.15, -0.1) is 0 Å².